The Morgan fingerprint density at radius 1 is 0.730 bits per heavy atom. The summed E-state index contributed by atoms with van der Waals surface area (Å²) in [5.41, 5.74) is -9.19. The maximum atomic E-state index is 14.6. The van der Waals surface area contributed by atoms with E-state index in [0.717, 1.165) is 23.1 Å². The Balaban J connectivity index is 1.89. The van der Waals surface area contributed by atoms with E-state index >= 15 is 0 Å². The van der Waals surface area contributed by atoms with Crippen LogP contribution in [0.3, 0.4) is 0 Å². The minimum Gasteiger partial charge on any atom is -0.288 e. The van der Waals surface area contributed by atoms with E-state index in [2.05, 4.69) is 13.1 Å². The lowest BCUT2D eigenvalue weighted by atomic mass is 9.71. The quantitative estimate of drug-likeness (QED) is 0.332. The molecule has 4 amide bonds. The van der Waals surface area contributed by atoms with Crippen molar-refractivity contribution in [3.63, 3.8) is 0 Å². The lowest BCUT2D eigenvalue weighted by Gasteiger charge is -2.38. The molecule has 6 nitrogen and oxygen atoms in total. The normalized spacial score (nSPS) is 16.0. The van der Waals surface area contributed by atoms with Gasteiger partial charge in [0, 0.05) is 15.3 Å². The van der Waals surface area contributed by atoms with Gasteiger partial charge in [-0.25, -0.2) is 0 Å². The zero-order valence-electron chi connectivity index (χ0n) is 19.5. The van der Waals surface area contributed by atoms with E-state index in [1.54, 1.807) is 0 Å². The first-order chi connectivity index (χ1) is 17.1. The van der Waals surface area contributed by atoms with E-state index in [-0.39, 0.29) is 17.7 Å². The highest BCUT2D eigenvalue weighted by Gasteiger charge is 2.72. The van der Waals surface area contributed by atoms with Gasteiger partial charge in [-0.15, -0.1) is 0 Å². The SMILES string of the molecule is C[SiH](C)CCCN1C(=O)c2ccc(C(c3ccc4c(c3)C(=O)NC4=O)(C(F)(F)F)C(F)(F)F)cc2C1=O. The van der Waals surface area contributed by atoms with Crippen molar-refractivity contribution in [3.05, 3.63) is 69.8 Å². The number of rotatable bonds is 6. The topological polar surface area (TPSA) is 83.6 Å². The summed E-state index contributed by atoms with van der Waals surface area (Å²) in [6, 6.07) is 4.15. The highest BCUT2D eigenvalue weighted by atomic mass is 28.3. The van der Waals surface area contributed by atoms with Gasteiger partial charge in [0.1, 0.15) is 0 Å². The molecule has 1 N–H and O–H groups in total. The standard InChI is InChI=1S/C24H20F6N2O4Si/c1-37(2)9-3-8-32-20(35)15-7-5-13(11-17(15)21(32)36)22(23(25,26)27,24(28,29)30)12-4-6-14-16(10-12)19(34)31-18(14)33/h4-7,10-11,37H,3,8-9H2,1-2H3,(H,31,33,34). The van der Waals surface area contributed by atoms with Crippen molar-refractivity contribution in [2.24, 2.45) is 0 Å². The number of imide groups is 2. The molecule has 0 aromatic heterocycles. The van der Waals surface area contributed by atoms with Crippen molar-refractivity contribution in [2.45, 2.75) is 43.3 Å². The second kappa shape index (κ2) is 8.82. The summed E-state index contributed by atoms with van der Waals surface area (Å²) < 4.78 is 87.4. The number of nitrogens with one attached hydrogen (secondary N) is 1. The molecule has 0 spiro atoms. The van der Waals surface area contributed by atoms with E-state index in [9.17, 15) is 45.5 Å². The molecule has 0 aliphatic carbocycles. The van der Waals surface area contributed by atoms with Gasteiger partial charge >= 0.3 is 12.4 Å². The maximum absolute atomic E-state index is 14.6. The van der Waals surface area contributed by atoms with Gasteiger partial charge in [-0.1, -0.05) is 31.3 Å². The molecule has 0 unspecified atom stereocenters. The Morgan fingerprint density at radius 3 is 1.76 bits per heavy atom. The van der Waals surface area contributed by atoms with E-state index in [1.807, 2.05) is 5.32 Å². The van der Waals surface area contributed by atoms with Crippen LogP contribution in [0.15, 0.2) is 36.4 Å². The fourth-order valence-corrected chi connectivity index (χ4v) is 5.77. The number of halogens is 6. The van der Waals surface area contributed by atoms with E-state index in [4.69, 9.17) is 0 Å². The first-order valence-electron chi connectivity index (χ1n) is 11.3. The Morgan fingerprint density at radius 2 is 1.22 bits per heavy atom. The number of benzene rings is 2. The molecule has 13 heteroatoms. The number of amides is 4. The van der Waals surface area contributed by atoms with Gasteiger partial charge < -0.3 is 0 Å². The third-order valence-corrected chi connectivity index (χ3v) is 8.15. The van der Waals surface area contributed by atoms with Crippen molar-refractivity contribution in [3.8, 4) is 0 Å². The zero-order valence-corrected chi connectivity index (χ0v) is 20.7. The molecule has 0 radical (unpaired) electrons. The van der Waals surface area contributed by atoms with Crippen LogP contribution in [0.4, 0.5) is 26.3 Å². The predicted octanol–water partition coefficient (Wildman–Crippen LogP) is 4.45. The third kappa shape index (κ3) is 4.05. The zero-order chi connectivity index (χ0) is 27.5. The minimum atomic E-state index is -5.99. The van der Waals surface area contributed by atoms with Crippen molar-refractivity contribution >= 4 is 32.4 Å². The predicted molar refractivity (Wildman–Crippen MR) is 121 cm³/mol. The van der Waals surface area contributed by atoms with E-state index < -0.39 is 72.4 Å². The molecule has 2 aromatic rings. The lowest BCUT2D eigenvalue weighted by molar-refractivity contribution is -0.288. The number of hydrogen-bond donors (Lipinski definition) is 1. The van der Waals surface area contributed by atoms with Crippen LogP contribution in [0, 0.1) is 0 Å². The van der Waals surface area contributed by atoms with Crippen LogP contribution in [0.25, 0.3) is 0 Å². The van der Waals surface area contributed by atoms with Gasteiger partial charge in [-0.05, 0) is 41.8 Å². The van der Waals surface area contributed by atoms with Gasteiger partial charge in [0.15, 0.2) is 0 Å². The number of carbonyl (C=O) groups is 4. The maximum Gasteiger partial charge on any atom is 0.411 e. The molecule has 2 aromatic carbocycles. The molecule has 2 aliphatic heterocycles. The van der Waals surface area contributed by atoms with Gasteiger partial charge in [0.25, 0.3) is 23.6 Å². The second-order valence-corrected chi connectivity index (χ2v) is 12.7. The van der Waals surface area contributed by atoms with Crippen molar-refractivity contribution in [2.75, 3.05) is 6.54 Å². The first kappa shape index (κ1) is 26.6. The Bertz CT molecular complexity index is 1320. The van der Waals surface area contributed by atoms with Gasteiger partial charge in [-0.2, -0.15) is 26.3 Å². The Kier molecular flexibility index (Phi) is 6.33. The summed E-state index contributed by atoms with van der Waals surface area (Å²) in [4.78, 5) is 50.2. The molecule has 0 fully saturated rings. The van der Waals surface area contributed by atoms with Crippen LogP contribution in [-0.2, 0) is 5.41 Å². The number of alkyl halides is 6. The summed E-state index contributed by atoms with van der Waals surface area (Å²) in [7, 11) is -1.01. The summed E-state index contributed by atoms with van der Waals surface area (Å²) >= 11 is 0. The van der Waals surface area contributed by atoms with Crippen molar-refractivity contribution in [1.29, 1.82) is 0 Å². The molecule has 2 aliphatic rings. The Hall–Kier alpha value is -3.48. The van der Waals surface area contributed by atoms with Gasteiger partial charge in [0.2, 0.25) is 5.41 Å². The first-order valence-corrected chi connectivity index (χ1v) is 14.4. The number of fused-ring (bicyclic) bond motifs is 2. The van der Waals surface area contributed by atoms with Crippen molar-refractivity contribution < 1.29 is 45.5 Å². The average Bonchev–Trinajstić information content (AvgIpc) is 3.19. The third-order valence-electron chi connectivity index (χ3n) is 6.59. The molecule has 196 valence electrons. The van der Waals surface area contributed by atoms with Crippen LogP contribution in [0.2, 0.25) is 19.1 Å². The van der Waals surface area contributed by atoms with Gasteiger partial charge in [-0.3, -0.25) is 29.4 Å². The molecule has 4 rings (SSSR count). The molecule has 2 heterocycles. The van der Waals surface area contributed by atoms with Crippen LogP contribution in [-0.4, -0.2) is 56.2 Å². The monoisotopic (exact) mass is 542 g/mol. The smallest absolute Gasteiger partial charge is 0.288 e. The van der Waals surface area contributed by atoms with Crippen LogP contribution in [0.1, 0.15) is 59.0 Å². The summed E-state index contributed by atoms with van der Waals surface area (Å²) in [5.74, 6) is -3.83. The van der Waals surface area contributed by atoms with Gasteiger partial charge in [0.05, 0.1) is 22.3 Å². The Labute approximate surface area is 208 Å². The summed E-state index contributed by atoms with van der Waals surface area (Å²) in [6.07, 6.45) is -11.5. The van der Waals surface area contributed by atoms with Crippen LogP contribution >= 0.6 is 0 Å². The number of hydrogen-bond acceptors (Lipinski definition) is 4. The molecule has 0 saturated carbocycles. The van der Waals surface area contributed by atoms with E-state index in [0.29, 0.717) is 30.7 Å². The largest absolute Gasteiger partial charge is 0.411 e. The molecule has 37 heavy (non-hydrogen) atoms. The average molecular weight is 543 g/mol. The highest BCUT2D eigenvalue weighted by molar-refractivity contribution is 6.55. The molecular weight excluding hydrogens is 522 g/mol. The molecule has 0 bridgehead atoms. The summed E-state index contributed by atoms with van der Waals surface area (Å²) in [5, 5.41) is 1.83. The van der Waals surface area contributed by atoms with Crippen LogP contribution in [0.5, 0.6) is 0 Å². The van der Waals surface area contributed by atoms with Crippen LogP contribution < -0.4 is 5.32 Å². The second-order valence-electron chi connectivity index (χ2n) is 9.35. The highest BCUT2D eigenvalue weighted by Crippen LogP contribution is 2.56. The number of carbonyl (C=O) groups excluding carboxylic acids is 4. The van der Waals surface area contributed by atoms with Crippen molar-refractivity contribution in [1.82, 2.24) is 10.2 Å². The fourth-order valence-electron chi connectivity index (χ4n) is 4.77. The minimum absolute atomic E-state index is 0.00447. The number of nitrogens with zero attached hydrogens (tertiary/aromatic N) is 1. The van der Waals surface area contributed by atoms with E-state index in [1.165, 1.54) is 0 Å². The molecule has 0 atom stereocenters. The fraction of sp³-hybridized carbons (Fsp3) is 0.333. The molecular formula is C24H20F6N2O4Si. The molecule has 0 saturated heterocycles. The lowest BCUT2D eigenvalue weighted by Crippen LogP contribution is -2.55. The summed E-state index contributed by atoms with van der Waals surface area (Å²) in [6.45, 7) is 4.12.